The van der Waals surface area contributed by atoms with Gasteiger partial charge in [-0.25, -0.2) is 9.97 Å². The van der Waals surface area contributed by atoms with Crippen molar-refractivity contribution >= 4 is 23.4 Å². The van der Waals surface area contributed by atoms with Gasteiger partial charge in [-0.15, -0.1) is 0 Å². The molecule has 1 saturated heterocycles. The van der Waals surface area contributed by atoms with Crippen molar-refractivity contribution in [3.63, 3.8) is 0 Å². The van der Waals surface area contributed by atoms with Crippen LogP contribution in [0.2, 0.25) is 5.02 Å². The molecule has 1 N–H and O–H groups in total. The maximum Gasteiger partial charge on any atom is 0.305 e. The van der Waals surface area contributed by atoms with Crippen LogP contribution >= 0.6 is 11.6 Å². The molecular weight excluding hydrogens is 440 g/mol. The number of carbonyl (C=O) groups excluding carboxylic acids is 1. The third-order valence-corrected chi connectivity index (χ3v) is 6.10. The van der Waals surface area contributed by atoms with Crippen molar-refractivity contribution < 1.29 is 14.6 Å². The van der Waals surface area contributed by atoms with Crippen LogP contribution in [-0.4, -0.2) is 71.4 Å². The summed E-state index contributed by atoms with van der Waals surface area (Å²) in [6, 6.07) is 7.94. The largest absolute Gasteiger partial charge is 0.463 e. The number of aliphatic hydroxyl groups is 1. The molecule has 2 heterocycles. The Labute approximate surface area is 201 Å². The normalized spacial score (nSPS) is 15.5. The third-order valence-electron chi connectivity index (χ3n) is 5.84. The van der Waals surface area contributed by atoms with Crippen molar-refractivity contribution in [1.82, 2.24) is 14.9 Å². The van der Waals surface area contributed by atoms with Crippen molar-refractivity contribution in [2.75, 3.05) is 44.2 Å². The second-order valence-corrected chi connectivity index (χ2v) is 8.99. The number of anilines is 1. The summed E-state index contributed by atoms with van der Waals surface area (Å²) in [6.07, 6.45) is 2.08. The van der Waals surface area contributed by atoms with Gasteiger partial charge in [0.15, 0.2) is 0 Å². The Hall–Kier alpha value is -2.22. The molecule has 33 heavy (non-hydrogen) atoms. The molecule has 8 heteroatoms. The number of hydrogen-bond donors (Lipinski definition) is 1. The number of β-amino-alcohol motifs (C(OH)–C–C–N with tert-alkyl or cyclic N) is 1. The van der Waals surface area contributed by atoms with E-state index in [9.17, 15) is 9.90 Å². The summed E-state index contributed by atoms with van der Waals surface area (Å²) in [7, 11) is 0. The molecule has 0 spiro atoms. The van der Waals surface area contributed by atoms with E-state index in [1.807, 2.05) is 26.0 Å². The standard InChI is InChI=1S/C25H35ClN4O3/c1-4-6-24(32)33-17-21(31)16-29-11-13-30(14-12-29)25-22(23(5-2)27-18(3)28-25)15-19-7-9-20(26)10-8-19/h7-10,21,31H,4-6,11-17H2,1-3H3. The van der Waals surface area contributed by atoms with E-state index in [0.29, 0.717) is 13.0 Å². The number of aliphatic hydroxyl groups excluding tert-OH is 1. The zero-order valence-electron chi connectivity index (χ0n) is 19.9. The minimum atomic E-state index is -0.675. The van der Waals surface area contributed by atoms with Crippen molar-refractivity contribution in [2.24, 2.45) is 0 Å². The summed E-state index contributed by atoms with van der Waals surface area (Å²) in [5.74, 6) is 1.54. The van der Waals surface area contributed by atoms with Crippen LogP contribution < -0.4 is 4.90 Å². The average Bonchev–Trinajstić information content (AvgIpc) is 2.80. The summed E-state index contributed by atoms with van der Waals surface area (Å²) in [5.41, 5.74) is 3.43. The average molecular weight is 475 g/mol. The summed E-state index contributed by atoms with van der Waals surface area (Å²) in [6.45, 7) is 9.80. The Morgan fingerprint density at radius 2 is 1.85 bits per heavy atom. The highest BCUT2D eigenvalue weighted by Gasteiger charge is 2.24. The minimum absolute atomic E-state index is 0.0508. The smallest absolute Gasteiger partial charge is 0.305 e. The molecule has 0 bridgehead atoms. The van der Waals surface area contributed by atoms with Gasteiger partial charge in [0, 0.05) is 61.8 Å². The number of nitrogens with zero attached hydrogens (tertiary/aromatic N) is 4. The molecule has 1 aromatic heterocycles. The SMILES string of the molecule is CCCC(=O)OCC(O)CN1CCN(c2nc(C)nc(CC)c2Cc2ccc(Cl)cc2)CC1. The van der Waals surface area contributed by atoms with E-state index in [1.54, 1.807) is 0 Å². The van der Waals surface area contributed by atoms with E-state index in [1.165, 1.54) is 11.1 Å². The molecule has 0 radical (unpaired) electrons. The molecule has 1 unspecified atom stereocenters. The highest BCUT2D eigenvalue weighted by atomic mass is 35.5. The fourth-order valence-corrected chi connectivity index (χ4v) is 4.26. The molecule has 7 nitrogen and oxygen atoms in total. The zero-order chi connectivity index (χ0) is 23.8. The number of rotatable bonds is 10. The molecule has 1 aliphatic heterocycles. The van der Waals surface area contributed by atoms with Gasteiger partial charge in [-0.3, -0.25) is 9.69 Å². The van der Waals surface area contributed by atoms with Crippen LogP contribution in [0, 0.1) is 6.92 Å². The van der Waals surface area contributed by atoms with Gasteiger partial charge < -0.3 is 14.7 Å². The summed E-state index contributed by atoms with van der Waals surface area (Å²) >= 11 is 6.07. The Balaban J connectivity index is 1.65. The molecule has 0 saturated carbocycles. The molecular formula is C25H35ClN4O3. The number of hydrogen-bond acceptors (Lipinski definition) is 7. The lowest BCUT2D eigenvalue weighted by molar-refractivity contribution is -0.147. The molecule has 0 aliphatic carbocycles. The van der Waals surface area contributed by atoms with E-state index in [2.05, 4.69) is 28.9 Å². The first-order chi connectivity index (χ1) is 15.9. The zero-order valence-corrected chi connectivity index (χ0v) is 20.6. The van der Waals surface area contributed by atoms with Gasteiger partial charge in [-0.2, -0.15) is 0 Å². The molecule has 2 aromatic rings. The monoisotopic (exact) mass is 474 g/mol. The molecule has 1 atom stereocenters. The van der Waals surface area contributed by atoms with Crippen LogP contribution in [0.3, 0.4) is 0 Å². The third kappa shape index (κ3) is 7.39. The number of esters is 1. The number of carbonyl (C=O) groups is 1. The van der Waals surface area contributed by atoms with Crippen LogP contribution in [0.5, 0.6) is 0 Å². The first kappa shape index (κ1) is 25.4. The number of ether oxygens (including phenoxy) is 1. The molecule has 3 rings (SSSR count). The summed E-state index contributed by atoms with van der Waals surface area (Å²) < 4.78 is 5.14. The maximum atomic E-state index is 11.5. The van der Waals surface area contributed by atoms with Gasteiger partial charge in [-0.1, -0.05) is 37.6 Å². The lowest BCUT2D eigenvalue weighted by Gasteiger charge is -2.37. The molecule has 1 aromatic carbocycles. The van der Waals surface area contributed by atoms with Crippen LogP contribution in [0.25, 0.3) is 0 Å². The molecule has 1 aliphatic rings. The van der Waals surface area contributed by atoms with Crippen LogP contribution in [-0.2, 0) is 22.4 Å². The highest BCUT2D eigenvalue weighted by molar-refractivity contribution is 6.30. The lowest BCUT2D eigenvalue weighted by atomic mass is 10.0. The Morgan fingerprint density at radius 3 is 2.48 bits per heavy atom. The highest BCUT2D eigenvalue weighted by Crippen LogP contribution is 2.26. The fourth-order valence-electron chi connectivity index (χ4n) is 4.14. The number of benzene rings is 1. The number of aromatic nitrogens is 2. The second kappa shape index (κ2) is 12.3. The van der Waals surface area contributed by atoms with E-state index in [0.717, 1.165) is 67.8 Å². The van der Waals surface area contributed by atoms with Crippen molar-refractivity contribution in [3.05, 3.63) is 51.9 Å². The minimum Gasteiger partial charge on any atom is -0.463 e. The molecule has 1 fully saturated rings. The van der Waals surface area contributed by atoms with Gasteiger partial charge in [0.2, 0.25) is 0 Å². The summed E-state index contributed by atoms with van der Waals surface area (Å²) in [5, 5.41) is 11.0. The Kier molecular flexibility index (Phi) is 9.47. The first-order valence-electron chi connectivity index (χ1n) is 11.8. The predicted octanol–water partition coefficient (Wildman–Crippen LogP) is 3.42. The van der Waals surface area contributed by atoms with Crippen molar-refractivity contribution in [1.29, 1.82) is 0 Å². The van der Waals surface area contributed by atoms with Gasteiger partial charge in [0.05, 0.1) is 0 Å². The van der Waals surface area contributed by atoms with Gasteiger partial charge >= 0.3 is 5.97 Å². The quantitative estimate of drug-likeness (QED) is 0.528. The van der Waals surface area contributed by atoms with E-state index < -0.39 is 6.10 Å². The Morgan fingerprint density at radius 1 is 1.15 bits per heavy atom. The van der Waals surface area contributed by atoms with Crippen molar-refractivity contribution in [2.45, 2.75) is 52.6 Å². The summed E-state index contributed by atoms with van der Waals surface area (Å²) in [4.78, 5) is 25.6. The number of halogens is 1. The van der Waals surface area contributed by atoms with E-state index >= 15 is 0 Å². The maximum absolute atomic E-state index is 11.5. The van der Waals surface area contributed by atoms with Crippen LogP contribution in [0.15, 0.2) is 24.3 Å². The van der Waals surface area contributed by atoms with Gasteiger partial charge in [-0.05, 0) is 37.5 Å². The van der Waals surface area contributed by atoms with Crippen LogP contribution in [0.1, 0.15) is 49.3 Å². The first-order valence-corrected chi connectivity index (χ1v) is 12.2. The van der Waals surface area contributed by atoms with Gasteiger partial charge in [0.25, 0.3) is 0 Å². The van der Waals surface area contributed by atoms with E-state index in [-0.39, 0.29) is 12.6 Å². The number of aryl methyl sites for hydroxylation is 2. The number of piperazine rings is 1. The van der Waals surface area contributed by atoms with Gasteiger partial charge in [0.1, 0.15) is 24.4 Å². The molecule has 0 amide bonds. The van der Waals surface area contributed by atoms with Crippen LogP contribution in [0.4, 0.5) is 5.82 Å². The predicted molar refractivity (Wildman–Crippen MR) is 131 cm³/mol. The Bertz CT molecular complexity index is 915. The van der Waals surface area contributed by atoms with E-state index in [4.69, 9.17) is 26.3 Å². The second-order valence-electron chi connectivity index (χ2n) is 8.55. The van der Waals surface area contributed by atoms with Crippen molar-refractivity contribution in [3.8, 4) is 0 Å². The topological polar surface area (TPSA) is 78.8 Å². The fraction of sp³-hybridized carbons (Fsp3) is 0.560. The lowest BCUT2D eigenvalue weighted by Crippen LogP contribution is -2.49. The molecule has 180 valence electrons.